The number of Topliss-reactive ketones (excluding diaryl/α,β-unsaturated/α-hetero) is 1. The van der Waals surface area contributed by atoms with E-state index in [9.17, 15) is 14.7 Å². The van der Waals surface area contributed by atoms with Gasteiger partial charge in [-0.25, -0.2) is 0 Å². The van der Waals surface area contributed by atoms with E-state index in [1.807, 2.05) is 31.2 Å². The van der Waals surface area contributed by atoms with Crippen molar-refractivity contribution in [2.75, 3.05) is 32.8 Å². The Morgan fingerprint density at radius 1 is 1.25 bits per heavy atom. The minimum absolute atomic E-state index is 0.193. The summed E-state index contributed by atoms with van der Waals surface area (Å²) in [5, 5.41) is 10.6. The van der Waals surface area contributed by atoms with Gasteiger partial charge in [-0.3, -0.25) is 9.59 Å². The Morgan fingerprint density at radius 3 is 2.61 bits per heavy atom. The van der Waals surface area contributed by atoms with Crippen LogP contribution in [0.25, 0.3) is 0 Å². The number of aliphatic hydroxyl groups is 1. The molecule has 1 amide bonds. The molecule has 1 fully saturated rings. The van der Waals surface area contributed by atoms with E-state index in [2.05, 4.69) is 4.90 Å². The van der Waals surface area contributed by atoms with Gasteiger partial charge in [0, 0.05) is 19.0 Å². The lowest BCUT2D eigenvalue weighted by Crippen LogP contribution is -2.38. The van der Waals surface area contributed by atoms with Gasteiger partial charge in [-0.1, -0.05) is 26.0 Å². The number of ketones is 1. The van der Waals surface area contributed by atoms with Crippen molar-refractivity contribution in [3.63, 3.8) is 0 Å². The molecule has 0 aromatic heterocycles. The molecule has 2 aliphatic rings. The van der Waals surface area contributed by atoms with E-state index >= 15 is 0 Å². The lowest BCUT2D eigenvalue weighted by molar-refractivity contribution is -0.129. The number of aliphatic hydroxyl groups excluding tert-OH is 1. The highest BCUT2D eigenvalue weighted by Gasteiger charge is 2.44. The molecule has 1 saturated heterocycles. The molecule has 6 nitrogen and oxygen atoms in total. The fraction of sp³-hybridized carbons (Fsp3) is 0.545. The van der Waals surface area contributed by atoms with Crippen molar-refractivity contribution < 1.29 is 19.4 Å². The fourth-order valence-electron chi connectivity index (χ4n) is 3.99. The number of carbonyl (C=O) groups is 2. The van der Waals surface area contributed by atoms with E-state index in [1.165, 1.54) is 12.8 Å². The number of carbonyl (C=O) groups excluding carboxylic acids is 2. The maximum atomic E-state index is 12.9. The summed E-state index contributed by atoms with van der Waals surface area (Å²) in [6, 6.07) is 6.87. The van der Waals surface area contributed by atoms with Gasteiger partial charge in [0.1, 0.15) is 5.75 Å². The highest BCUT2D eigenvalue weighted by molar-refractivity contribution is 6.09. The zero-order chi connectivity index (χ0) is 20.3. The summed E-state index contributed by atoms with van der Waals surface area (Å²) in [6.07, 6.45) is 2.35. The highest BCUT2D eigenvalue weighted by atomic mass is 16.5. The van der Waals surface area contributed by atoms with Crippen LogP contribution in [0.3, 0.4) is 0 Å². The minimum Gasteiger partial charge on any atom is -0.503 e. The molecule has 1 unspecified atom stereocenters. The fourth-order valence-corrected chi connectivity index (χ4v) is 3.99. The lowest BCUT2D eigenvalue weighted by atomic mass is 9.91. The second-order valence-electron chi connectivity index (χ2n) is 7.74. The molecule has 28 heavy (non-hydrogen) atoms. The number of hydrogen-bond donors (Lipinski definition) is 1. The van der Waals surface area contributed by atoms with Crippen LogP contribution in [0.1, 0.15) is 45.2 Å². The lowest BCUT2D eigenvalue weighted by Gasteiger charge is -2.29. The summed E-state index contributed by atoms with van der Waals surface area (Å²) in [5.74, 6) is -0.681. The van der Waals surface area contributed by atoms with Crippen molar-refractivity contribution in [2.24, 2.45) is 5.92 Å². The minimum atomic E-state index is -0.578. The van der Waals surface area contributed by atoms with Crippen LogP contribution in [0, 0.1) is 5.92 Å². The Balaban J connectivity index is 1.95. The van der Waals surface area contributed by atoms with Gasteiger partial charge in [0.25, 0.3) is 5.91 Å². The number of nitrogens with zero attached hydrogens (tertiary/aromatic N) is 2. The largest absolute Gasteiger partial charge is 0.503 e. The van der Waals surface area contributed by atoms with Crippen molar-refractivity contribution in [3.8, 4) is 5.75 Å². The van der Waals surface area contributed by atoms with Crippen molar-refractivity contribution in [2.45, 2.75) is 39.7 Å². The molecule has 0 spiro atoms. The molecule has 2 heterocycles. The van der Waals surface area contributed by atoms with Gasteiger partial charge in [-0.15, -0.1) is 0 Å². The van der Waals surface area contributed by atoms with E-state index in [1.54, 1.807) is 18.7 Å². The first-order valence-corrected chi connectivity index (χ1v) is 10.2. The van der Waals surface area contributed by atoms with Crippen molar-refractivity contribution in [3.05, 3.63) is 41.2 Å². The first kappa shape index (κ1) is 20.4. The van der Waals surface area contributed by atoms with Gasteiger partial charge in [-0.2, -0.15) is 0 Å². The number of benzene rings is 1. The monoisotopic (exact) mass is 386 g/mol. The molecule has 1 aromatic carbocycles. The molecule has 0 aliphatic carbocycles. The average Bonchev–Trinajstić information content (AvgIpc) is 3.27. The van der Waals surface area contributed by atoms with Gasteiger partial charge in [0.15, 0.2) is 11.5 Å². The van der Waals surface area contributed by atoms with E-state index in [-0.39, 0.29) is 17.3 Å². The smallest absolute Gasteiger partial charge is 0.290 e. The predicted octanol–water partition coefficient (Wildman–Crippen LogP) is 3.10. The maximum absolute atomic E-state index is 12.9. The summed E-state index contributed by atoms with van der Waals surface area (Å²) >= 11 is 0. The quantitative estimate of drug-likeness (QED) is 0.743. The third-order valence-electron chi connectivity index (χ3n) is 5.43. The van der Waals surface area contributed by atoms with Crippen LogP contribution in [0.15, 0.2) is 35.6 Å². The van der Waals surface area contributed by atoms with Crippen LogP contribution >= 0.6 is 0 Å². The van der Waals surface area contributed by atoms with Crippen molar-refractivity contribution >= 4 is 11.7 Å². The van der Waals surface area contributed by atoms with Crippen LogP contribution in [0.4, 0.5) is 0 Å². The first-order valence-electron chi connectivity index (χ1n) is 10.2. The van der Waals surface area contributed by atoms with Crippen LogP contribution in [-0.4, -0.2) is 59.4 Å². The topological polar surface area (TPSA) is 70.1 Å². The first-order chi connectivity index (χ1) is 13.4. The molecule has 2 aliphatic heterocycles. The third-order valence-corrected chi connectivity index (χ3v) is 5.43. The average molecular weight is 386 g/mol. The Hall–Kier alpha value is -2.34. The van der Waals surface area contributed by atoms with E-state index in [0.29, 0.717) is 18.9 Å². The Bertz CT molecular complexity index is 766. The van der Waals surface area contributed by atoms with E-state index < -0.39 is 17.7 Å². The number of hydrogen-bond acceptors (Lipinski definition) is 5. The molecular weight excluding hydrogens is 356 g/mol. The number of amides is 1. The van der Waals surface area contributed by atoms with Gasteiger partial charge in [-0.05, 0) is 50.6 Å². The molecular formula is C22H30N2O4. The number of rotatable bonds is 8. The zero-order valence-electron chi connectivity index (χ0n) is 17.0. The molecule has 1 aromatic rings. The van der Waals surface area contributed by atoms with Crippen LogP contribution in [-0.2, 0) is 9.59 Å². The Labute approximate surface area is 166 Å². The molecule has 0 saturated carbocycles. The molecule has 152 valence electrons. The molecule has 6 heteroatoms. The number of ether oxygens (including phenoxy) is 1. The standard InChI is InChI=1S/C22H30N2O4/c1-4-28-17-9-7-8-16(14-17)19-18(20(25)15(2)3)21(26)22(27)24(19)13-12-23-10-5-6-11-23/h7-9,14-15,19,26H,4-6,10-13H2,1-3H3. The van der Waals surface area contributed by atoms with Gasteiger partial charge < -0.3 is 19.6 Å². The zero-order valence-corrected chi connectivity index (χ0v) is 17.0. The Morgan fingerprint density at radius 2 is 1.96 bits per heavy atom. The molecule has 1 N–H and O–H groups in total. The van der Waals surface area contributed by atoms with Gasteiger partial charge >= 0.3 is 0 Å². The molecule has 1 atom stereocenters. The summed E-state index contributed by atoms with van der Waals surface area (Å²) in [4.78, 5) is 29.7. The van der Waals surface area contributed by atoms with Gasteiger partial charge in [0.2, 0.25) is 0 Å². The summed E-state index contributed by atoms with van der Waals surface area (Å²) in [5.41, 5.74) is 0.990. The molecule has 0 radical (unpaired) electrons. The maximum Gasteiger partial charge on any atom is 0.290 e. The van der Waals surface area contributed by atoms with Crippen molar-refractivity contribution in [1.29, 1.82) is 0 Å². The predicted molar refractivity (Wildman–Crippen MR) is 107 cm³/mol. The summed E-state index contributed by atoms with van der Waals surface area (Å²) in [7, 11) is 0. The van der Waals surface area contributed by atoms with E-state index in [0.717, 1.165) is 25.2 Å². The second-order valence-corrected chi connectivity index (χ2v) is 7.74. The van der Waals surface area contributed by atoms with E-state index in [4.69, 9.17) is 4.74 Å². The van der Waals surface area contributed by atoms with Gasteiger partial charge in [0.05, 0.1) is 18.2 Å². The van der Waals surface area contributed by atoms with Crippen LogP contribution < -0.4 is 4.74 Å². The molecule has 3 rings (SSSR count). The highest BCUT2D eigenvalue weighted by Crippen LogP contribution is 2.39. The number of likely N-dealkylation sites (tertiary alicyclic amines) is 1. The van der Waals surface area contributed by atoms with Crippen LogP contribution in [0.5, 0.6) is 5.75 Å². The summed E-state index contributed by atoms with van der Waals surface area (Å²) < 4.78 is 5.60. The van der Waals surface area contributed by atoms with Crippen LogP contribution in [0.2, 0.25) is 0 Å². The second kappa shape index (κ2) is 8.78. The summed E-state index contributed by atoms with van der Waals surface area (Å²) in [6.45, 7) is 9.29. The Kier molecular flexibility index (Phi) is 6.39. The molecule has 0 bridgehead atoms. The van der Waals surface area contributed by atoms with Crippen molar-refractivity contribution in [1.82, 2.24) is 9.80 Å². The normalized spacial score (nSPS) is 20.5. The third kappa shape index (κ3) is 4.07. The SMILES string of the molecule is CCOc1cccc(C2C(C(=O)C(C)C)=C(O)C(=O)N2CCN2CCCC2)c1.